The summed E-state index contributed by atoms with van der Waals surface area (Å²) in [4.78, 5) is 22.5. The Kier molecular flexibility index (Phi) is 3.61. The Morgan fingerprint density at radius 3 is 3.00 bits per heavy atom. The van der Waals surface area contributed by atoms with E-state index in [0.29, 0.717) is 24.7 Å². The summed E-state index contributed by atoms with van der Waals surface area (Å²) >= 11 is 0. The number of carbonyl (C=O) groups is 1. The third-order valence-electron chi connectivity index (χ3n) is 2.85. The second-order valence-electron chi connectivity index (χ2n) is 4.55. The Morgan fingerprint density at radius 2 is 2.19 bits per heavy atom. The van der Waals surface area contributed by atoms with Gasteiger partial charge in [-0.05, 0) is 12.1 Å². The monoisotopic (exact) mass is 286 g/mol. The number of nitrogens with two attached hydrogens (primary N) is 1. The number of aromatic nitrogens is 4. The Balaban J connectivity index is 1.65. The van der Waals surface area contributed by atoms with Crippen LogP contribution in [0.5, 0.6) is 0 Å². The molecule has 0 unspecified atom stereocenters. The number of nitrogens with one attached hydrogen (secondary N) is 2. The number of H-pyrrole nitrogens is 1. The van der Waals surface area contributed by atoms with Crippen LogP contribution in [-0.2, 0) is 17.8 Å². The van der Waals surface area contributed by atoms with E-state index in [4.69, 9.17) is 10.3 Å². The van der Waals surface area contributed by atoms with Crippen molar-refractivity contribution in [3.05, 3.63) is 41.8 Å². The summed E-state index contributed by atoms with van der Waals surface area (Å²) in [5, 5.41) is 6.68. The highest BCUT2D eigenvalue weighted by Gasteiger charge is 2.10. The molecule has 3 rings (SSSR count). The summed E-state index contributed by atoms with van der Waals surface area (Å²) in [6.07, 6.45) is 0.452. The van der Waals surface area contributed by atoms with Crippen molar-refractivity contribution < 1.29 is 9.32 Å². The van der Waals surface area contributed by atoms with E-state index in [1.54, 1.807) is 0 Å². The molecular formula is C13H14N6O2. The Morgan fingerprint density at radius 1 is 1.33 bits per heavy atom. The molecule has 0 spiro atoms. The van der Waals surface area contributed by atoms with Gasteiger partial charge >= 0.3 is 0 Å². The van der Waals surface area contributed by atoms with E-state index >= 15 is 0 Å². The molecule has 0 radical (unpaired) electrons. The molecule has 108 valence electrons. The fraction of sp³-hybridized carbons (Fsp3) is 0.231. The second kappa shape index (κ2) is 5.71. The summed E-state index contributed by atoms with van der Waals surface area (Å²) in [6.45, 7) is 0.372. The van der Waals surface area contributed by atoms with Gasteiger partial charge in [0.2, 0.25) is 11.8 Å². The minimum atomic E-state index is -0.433. The molecule has 0 aliphatic heterocycles. The Bertz CT molecular complexity index is 730. The van der Waals surface area contributed by atoms with Gasteiger partial charge < -0.3 is 15.2 Å². The minimum Gasteiger partial charge on any atom is -0.369 e. The number of primary amides is 1. The molecule has 0 fully saturated rings. The first-order valence-corrected chi connectivity index (χ1v) is 6.45. The fourth-order valence-corrected chi connectivity index (χ4v) is 1.97. The molecule has 4 N–H and O–H groups in total. The van der Waals surface area contributed by atoms with Gasteiger partial charge in [-0.15, -0.1) is 0 Å². The van der Waals surface area contributed by atoms with E-state index in [-0.39, 0.29) is 6.54 Å². The summed E-state index contributed by atoms with van der Waals surface area (Å²) in [7, 11) is 0. The standard InChI is InChI=1S/C13H14N6O2/c14-10(20)6-15-7-13-18-12(19-21-13)5-11-16-8-3-1-2-4-9(8)17-11/h1-4,15H,5-7H2,(H2,14,20)(H,16,17). The van der Waals surface area contributed by atoms with Gasteiger partial charge in [0.15, 0.2) is 5.82 Å². The van der Waals surface area contributed by atoms with Crippen molar-refractivity contribution in [2.75, 3.05) is 6.54 Å². The Labute approximate surface area is 119 Å². The molecule has 1 aromatic carbocycles. The smallest absolute Gasteiger partial charge is 0.240 e. The number of imidazole rings is 1. The van der Waals surface area contributed by atoms with Crippen LogP contribution < -0.4 is 11.1 Å². The molecule has 0 aliphatic carbocycles. The van der Waals surface area contributed by atoms with Crippen LogP contribution in [0.3, 0.4) is 0 Å². The molecule has 0 aliphatic rings. The fourth-order valence-electron chi connectivity index (χ4n) is 1.97. The van der Waals surface area contributed by atoms with Crippen LogP contribution in [0.2, 0.25) is 0 Å². The van der Waals surface area contributed by atoms with Crippen LogP contribution in [0.25, 0.3) is 11.0 Å². The molecule has 0 atom stereocenters. The average Bonchev–Trinajstić information content (AvgIpc) is 3.04. The molecule has 0 saturated heterocycles. The maximum Gasteiger partial charge on any atom is 0.240 e. The van der Waals surface area contributed by atoms with Gasteiger partial charge in [0.05, 0.1) is 30.5 Å². The number of para-hydroxylation sites is 2. The largest absolute Gasteiger partial charge is 0.369 e. The number of amides is 1. The van der Waals surface area contributed by atoms with Gasteiger partial charge in [-0.25, -0.2) is 4.98 Å². The number of nitrogens with zero attached hydrogens (tertiary/aromatic N) is 3. The first-order chi connectivity index (χ1) is 10.2. The van der Waals surface area contributed by atoms with Crippen LogP contribution in [0.4, 0.5) is 0 Å². The van der Waals surface area contributed by atoms with Crippen LogP contribution in [0, 0.1) is 0 Å². The van der Waals surface area contributed by atoms with Crippen LogP contribution >= 0.6 is 0 Å². The van der Waals surface area contributed by atoms with Crippen LogP contribution in [0.1, 0.15) is 17.5 Å². The normalized spacial score (nSPS) is 11.0. The number of hydrogen-bond donors (Lipinski definition) is 3. The number of hydrogen-bond acceptors (Lipinski definition) is 6. The van der Waals surface area contributed by atoms with Gasteiger partial charge in [-0.1, -0.05) is 17.3 Å². The molecule has 21 heavy (non-hydrogen) atoms. The van der Waals surface area contributed by atoms with Gasteiger partial charge in [-0.2, -0.15) is 4.98 Å². The molecule has 8 nitrogen and oxygen atoms in total. The van der Waals surface area contributed by atoms with Gasteiger partial charge in [0.1, 0.15) is 5.82 Å². The molecule has 2 heterocycles. The van der Waals surface area contributed by atoms with Crippen molar-refractivity contribution in [3.8, 4) is 0 Å². The number of rotatable bonds is 6. The molecule has 8 heteroatoms. The van der Waals surface area contributed by atoms with Gasteiger partial charge in [-0.3, -0.25) is 10.1 Å². The highest BCUT2D eigenvalue weighted by Crippen LogP contribution is 2.12. The lowest BCUT2D eigenvalue weighted by Crippen LogP contribution is -2.28. The predicted octanol–water partition coefficient (Wildman–Crippen LogP) is 0.112. The van der Waals surface area contributed by atoms with Crippen molar-refractivity contribution >= 4 is 16.9 Å². The lowest BCUT2D eigenvalue weighted by molar-refractivity contribution is -0.117. The molecular weight excluding hydrogens is 272 g/mol. The lowest BCUT2D eigenvalue weighted by Gasteiger charge is -1.95. The highest BCUT2D eigenvalue weighted by atomic mass is 16.5. The first-order valence-electron chi connectivity index (χ1n) is 6.45. The maximum absolute atomic E-state index is 10.6. The average molecular weight is 286 g/mol. The molecule has 2 aromatic heterocycles. The van der Waals surface area contributed by atoms with E-state index in [9.17, 15) is 4.79 Å². The predicted molar refractivity (Wildman–Crippen MR) is 74.1 cm³/mol. The zero-order valence-corrected chi connectivity index (χ0v) is 11.2. The van der Waals surface area contributed by atoms with E-state index in [1.807, 2.05) is 24.3 Å². The van der Waals surface area contributed by atoms with E-state index in [1.165, 1.54) is 0 Å². The van der Waals surface area contributed by atoms with Gasteiger partial charge in [0, 0.05) is 0 Å². The highest BCUT2D eigenvalue weighted by molar-refractivity contribution is 5.76. The van der Waals surface area contributed by atoms with E-state index in [2.05, 4.69) is 25.4 Å². The zero-order valence-electron chi connectivity index (χ0n) is 11.2. The summed E-state index contributed by atoms with van der Waals surface area (Å²) in [5.41, 5.74) is 6.89. The van der Waals surface area contributed by atoms with E-state index < -0.39 is 5.91 Å². The molecule has 0 bridgehead atoms. The third-order valence-corrected chi connectivity index (χ3v) is 2.85. The van der Waals surface area contributed by atoms with Crippen LogP contribution in [-0.4, -0.2) is 32.6 Å². The molecule has 3 aromatic rings. The van der Waals surface area contributed by atoms with Crippen molar-refractivity contribution in [1.29, 1.82) is 0 Å². The topological polar surface area (TPSA) is 123 Å². The van der Waals surface area contributed by atoms with Crippen molar-refractivity contribution in [3.63, 3.8) is 0 Å². The second-order valence-corrected chi connectivity index (χ2v) is 4.55. The third kappa shape index (κ3) is 3.23. The van der Waals surface area contributed by atoms with Crippen molar-refractivity contribution in [1.82, 2.24) is 25.4 Å². The number of aromatic amines is 1. The zero-order chi connectivity index (χ0) is 14.7. The van der Waals surface area contributed by atoms with Crippen molar-refractivity contribution in [2.45, 2.75) is 13.0 Å². The quantitative estimate of drug-likeness (QED) is 0.591. The Hall–Kier alpha value is -2.74. The minimum absolute atomic E-state index is 0.0707. The first kappa shape index (κ1) is 13.3. The SMILES string of the molecule is NC(=O)CNCc1nc(Cc2nc3ccccc3[nH]2)no1. The van der Waals surface area contributed by atoms with Gasteiger partial charge in [0.25, 0.3) is 0 Å². The van der Waals surface area contributed by atoms with E-state index in [0.717, 1.165) is 16.9 Å². The van der Waals surface area contributed by atoms with Crippen molar-refractivity contribution in [2.24, 2.45) is 5.73 Å². The number of benzene rings is 1. The lowest BCUT2D eigenvalue weighted by atomic mass is 10.3. The number of fused-ring (bicyclic) bond motifs is 1. The van der Waals surface area contributed by atoms with Crippen LogP contribution in [0.15, 0.2) is 28.8 Å². The summed E-state index contributed by atoms with van der Waals surface area (Å²) in [6, 6.07) is 7.77. The number of carbonyl (C=O) groups excluding carboxylic acids is 1. The molecule has 0 saturated carbocycles. The summed E-state index contributed by atoms with van der Waals surface area (Å²) in [5.74, 6) is 1.28. The molecule has 1 amide bonds. The summed E-state index contributed by atoms with van der Waals surface area (Å²) < 4.78 is 5.08. The maximum atomic E-state index is 10.6.